The molecule has 28 heavy (non-hydrogen) atoms. The highest BCUT2D eigenvalue weighted by Gasteiger charge is 2.23. The number of nitrogens with one attached hydrogen (secondary N) is 1. The van der Waals surface area contributed by atoms with Crippen molar-refractivity contribution in [2.45, 2.75) is 6.10 Å². The summed E-state index contributed by atoms with van der Waals surface area (Å²) in [7, 11) is 0. The van der Waals surface area contributed by atoms with Crippen LogP contribution < -0.4 is 14.5 Å². The van der Waals surface area contributed by atoms with Gasteiger partial charge in [0.05, 0.1) is 31.2 Å². The van der Waals surface area contributed by atoms with Gasteiger partial charge in [0.25, 0.3) is 0 Å². The molecule has 146 valence electrons. The number of nitrogens with zero attached hydrogens (tertiary/aromatic N) is 1. The van der Waals surface area contributed by atoms with Crippen molar-refractivity contribution < 1.29 is 14.7 Å². The summed E-state index contributed by atoms with van der Waals surface area (Å²) in [6, 6.07) is 22.3. The van der Waals surface area contributed by atoms with Gasteiger partial charge in [-0.25, -0.2) is 0 Å². The Morgan fingerprint density at radius 3 is 2.46 bits per heavy atom. The van der Waals surface area contributed by atoms with Gasteiger partial charge in [0.2, 0.25) is 0 Å². The summed E-state index contributed by atoms with van der Waals surface area (Å²) < 4.78 is 5.83. The Balaban J connectivity index is 1.27. The number of quaternary nitrogens is 1. The van der Waals surface area contributed by atoms with E-state index in [-0.39, 0.29) is 6.61 Å². The number of anilines is 1. The molecule has 0 spiro atoms. The molecule has 1 heterocycles. The molecule has 5 heteroatoms. The number of fused-ring (bicyclic) bond motifs is 1. The van der Waals surface area contributed by atoms with E-state index < -0.39 is 6.10 Å². The summed E-state index contributed by atoms with van der Waals surface area (Å²) >= 11 is 6.47. The first-order valence-electron chi connectivity index (χ1n) is 9.82. The maximum Gasteiger partial charge on any atom is 0.138 e. The van der Waals surface area contributed by atoms with E-state index in [1.807, 2.05) is 42.5 Å². The molecule has 2 N–H and O–H groups in total. The number of piperazine rings is 1. The van der Waals surface area contributed by atoms with E-state index in [4.69, 9.17) is 16.3 Å². The van der Waals surface area contributed by atoms with Gasteiger partial charge in [-0.3, -0.25) is 0 Å². The third-order valence-corrected chi connectivity index (χ3v) is 5.77. The minimum atomic E-state index is -0.513. The van der Waals surface area contributed by atoms with E-state index in [9.17, 15) is 5.11 Å². The number of halogens is 1. The van der Waals surface area contributed by atoms with Crippen LogP contribution in [0, 0.1) is 0 Å². The molecular formula is C23H26ClN2O2+. The van der Waals surface area contributed by atoms with Crippen LogP contribution in [-0.2, 0) is 0 Å². The van der Waals surface area contributed by atoms with Gasteiger partial charge < -0.3 is 19.6 Å². The number of benzene rings is 3. The van der Waals surface area contributed by atoms with Crippen molar-refractivity contribution in [2.24, 2.45) is 0 Å². The van der Waals surface area contributed by atoms with E-state index in [2.05, 4.69) is 29.2 Å². The van der Waals surface area contributed by atoms with Gasteiger partial charge in [-0.05, 0) is 23.6 Å². The Morgan fingerprint density at radius 1 is 0.964 bits per heavy atom. The molecule has 0 aliphatic carbocycles. The number of aliphatic hydroxyl groups excluding tert-OH is 1. The quantitative estimate of drug-likeness (QED) is 0.671. The van der Waals surface area contributed by atoms with Crippen molar-refractivity contribution in [3.8, 4) is 5.75 Å². The van der Waals surface area contributed by atoms with Crippen molar-refractivity contribution in [3.63, 3.8) is 0 Å². The molecule has 1 atom stereocenters. The monoisotopic (exact) mass is 397 g/mol. The first-order chi connectivity index (χ1) is 13.7. The van der Waals surface area contributed by atoms with Gasteiger partial charge in [0, 0.05) is 11.1 Å². The average molecular weight is 398 g/mol. The molecule has 1 fully saturated rings. The molecule has 0 bridgehead atoms. The Kier molecular flexibility index (Phi) is 6.01. The van der Waals surface area contributed by atoms with Crippen molar-refractivity contribution in [2.75, 3.05) is 44.2 Å². The fraction of sp³-hybridized carbons (Fsp3) is 0.304. The van der Waals surface area contributed by atoms with E-state index in [1.54, 1.807) is 0 Å². The van der Waals surface area contributed by atoms with Gasteiger partial charge in [0.1, 0.15) is 25.0 Å². The highest BCUT2D eigenvalue weighted by Crippen LogP contribution is 2.32. The van der Waals surface area contributed by atoms with Gasteiger partial charge >= 0.3 is 0 Å². The molecule has 0 aromatic heterocycles. The molecule has 0 amide bonds. The highest BCUT2D eigenvalue weighted by molar-refractivity contribution is 6.37. The minimum Gasteiger partial charge on any atom is -0.489 e. The van der Waals surface area contributed by atoms with Crippen LogP contribution >= 0.6 is 11.6 Å². The van der Waals surface area contributed by atoms with Gasteiger partial charge in [-0.2, -0.15) is 0 Å². The SMILES string of the molecule is O[C@H](COc1ccc2ccccc2c1Cl)C[NH+]1CCN(c2ccccc2)CC1. The Bertz CT molecular complexity index is 911. The highest BCUT2D eigenvalue weighted by atomic mass is 35.5. The molecule has 1 aliphatic heterocycles. The lowest BCUT2D eigenvalue weighted by atomic mass is 10.1. The summed E-state index contributed by atoms with van der Waals surface area (Å²) in [6.45, 7) is 4.98. The second kappa shape index (κ2) is 8.82. The normalized spacial score (nSPS) is 16.3. The van der Waals surface area contributed by atoms with Crippen LogP contribution in [0.25, 0.3) is 10.8 Å². The largest absolute Gasteiger partial charge is 0.489 e. The summed E-state index contributed by atoms with van der Waals surface area (Å²) in [6.07, 6.45) is -0.513. The molecule has 1 aliphatic rings. The van der Waals surface area contributed by atoms with E-state index in [1.165, 1.54) is 10.6 Å². The number of hydrogen-bond donors (Lipinski definition) is 2. The van der Waals surface area contributed by atoms with Crippen LogP contribution in [0.2, 0.25) is 5.02 Å². The van der Waals surface area contributed by atoms with E-state index in [0.29, 0.717) is 17.3 Å². The molecule has 0 saturated carbocycles. The first kappa shape index (κ1) is 19.1. The first-order valence-corrected chi connectivity index (χ1v) is 10.2. The van der Waals surface area contributed by atoms with Crippen molar-refractivity contribution in [1.29, 1.82) is 0 Å². The molecule has 3 aromatic carbocycles. The van der Waals surface area contributed by atoms with Crippen LogP contribution in [0.1, 0.15) is 0 Å². The summed E-state index contributed by atoms with van der Waals surface area (Å²) in [5, 5.41) is 13.1. The number of para-hydroxylation sites is 1. The van der Waals surface area contributed by atoms with E-state index >= 15 is 0 Å². The van der Waals surface area contributed by atoms with Crippen LogP contribution in [0.3, 0.4) is 0 Å². The van der Waals surface area contributed by atoms with Crippen molar-refractivity contribution in [3.05, 3.63) is 71.8 Å². The predicted octanol–water partition coefficient (Wildman–Crippen LogP) is 2.64. The summed E-state index contributed by atoms with van der Waals surface area (Å²) in [4.78, 5) is 3.81. The average Bonchev–Trinajstić information content (AvgIpc) is 2.75. The topological polar surface area (TPSA) is 37.1 Å². The van der Waals surface area contributed by atoms with Gasteiger partial charge in [0.15, 0.2) is 0 Å². The zero-order valence-corrected chi connectivity index (χ0v) is 16.6. The zero-order chi connectivity index (χ0) is 19.3. The van der Waals surface area contributed by atoms with Gasteiger partial charge in [-0.1, -0.05) is 60.1 Å². The Labute approximate surface area is 170 Å². The fourth-order valence-corrected chi connectivity index (χ4v) is 4.12. The summed E-state index contributed by atoms with van der Waals surface area (Å²) in [5.41, 5.74) is 1.27. The van der Waals surface area contributed by atoms with Crippen LogP contribution in [0.4, 0.5) is 5.69 Å². The standard InChI is InChI=1S/C23H25ClN2O2/c24-23-21-9-5-4-6-18(21)10-11-22(23)28-17-20(27)16-25-12-14-26(15-13-25)19-7-2-1-3-8-19/h1-11,20,27H,12-17H2/p+1/t20-/m0/s1. The Morgan fingerprint density at radius 2 is 1.68 bits per heavy atom. The predicted molar refractivity (Wildman–Crippen MR) is 115 cm³/mol. The molecule has 0 radical (unpaired) electrons. The van der Waals surface area contributed by atoms with Crippen LogP contribution in [0.5, 0.6) is 5.75 Å². The van der Waals surface area contributed by atoms with Crippen LogP contribution in [-0.4, -0.2) is 50.5 Å². The second-order valence-electron chi connectivity index (χ2n) is 7.34. The molecule has 3 aromatic rings. The fourth-order valence-electron chi connectivity index (χ4n) is 3.83. The molecule has 1 saturated heterocycles. The third kappa shape index (κ3) is 4.41. The van der Waals surface area contributed by atoms with Crippen molar-refractivity contribution >= 4 is 28.1 Å². The number of hydrogen-bond acceptors (Lipinski definition) is 3. The minimum absolute atomic E-state index is 0.254. The lowest BCUT2D eigenvalue weighted by Crippen LogP contribution is -3.16. The molecular weight excluding hydrogens is 372 g/mol. The maximum atomic E-state index is 10.4. The van der Waals surface area contributed by atoms with Gasteiger partial charge in [-0.15, -0.1) is 0 Å². The lowest BCUT2D eigenvalue weighted by molar-refractivity contribution is -0.903. The Hall–Kier alpha value is -2.27. The lowest BCUT2D eigenvalue weighted by Gasteiger charge is -2.34. The maximum absolute atomic E-state index is 10.4. The molecule has 4 nitrogen and oxygen atoms in total. The van der Waals surface area contributed by atoms with E-state index in [0.717, 1.165) is 37.0 Å². The number of ether oxygens (including phenoxy) is 1. The smallest absolute Gasteiger partial charge is 0.138 e. The zero-order valence-electron chi connectivity index (χ0n) is 15.9. The second-order valence-corrected chi connectivity index (χ2v) is 7.72. The molecule has 4 rings (SSSR count). The van der Waals surface area contributed by atoms with Crippen molar-refractivity contribution in [1.82, 2.24) is 0 Å². The number of aliphatic hydroxyl groups is 1. The summed E-state index contributed by atoms with van der Waals surface area (Å²) in [5.74, 6) is 0.628. The van der Waals surface area contributed by atoms with Crippen LogP contribution in [0.15, 0.2) is 66.7 Å². The third-order valence-electron chi connectivity index (χ3n) is 5.38. The molecule has 0 unspecified atom stereocenters. The number of rotatable bonds is 6.